The minimum atomic E-state index is -3.10. The molecule has 152 valence electrons. The van der Waals surface area contributed by atoms with Crippen molar-refractivity contribution in [2.45, 2.75) is 26.2 Å². The van der Waals surface area contributed by atoms with Gasteiger partial charge < -0.3 is 10.2 Å². The third kappa shape index (κ3) is 8.61. The van der Waals surface area contributed by atoms with Gasteiger partial charge in [-0.3, -0.25) is 4.99 Å². The zero-order valence-electron chi connectivity index (χ0n) is 16.1. The van der Waals surface area contributed by atoms with E-state index in [1.807, 2.05) is 6.07 Å². The number of benzene rings is 1. The Balaban J connectivity index is 0.00000364. The van der Waals surface area contributed by atoms with E-state index in [9.17, 15) is 8.42 Å². The van der Waals surface area contributed by atoms with Crippen LogP contribution in [0.5, 0.6) is 0 Å². The summed E-state index contributed by atoms with van der Waals surface area (Å²) in [7, 11) is -1.31. The van der Waals surface area contributed by atoms with E-state index < -0.39 is 10.0 Å². The van der Waals surface area contributed by atoms with E-state index in [4.69, 9.17) is 0 Å². The molecular weight excluding hydrogens is 475 g/mol. The molecule has 0 bridgehead atoms. The highest BCUT2D eigenvalue weighted by atomic mass is 127. The molecule has 0 aliphatic carbocycles. The highest BCUT2D eigenvalue weighted by molar-refractivity contribution is 14.0. The molecule has 2 rings (SSSR count). The average Bonchev–Trinajstić information content (AvgIpc) is 2.66. The van der Waals surface area contributed by atoms with Crippen molar-refractivity contribution in [3.05, 3.63) is 41.5 Å². The molecule has 0 atom stereocenters. The van der Waals surface area contributed by atoms with E-state index in [0.29, 0.717) is 13.1 Å². The molecule has 1 heterocycles. The number of halogens is 1. The monoisotopic (exact) mass is 506 g/mol. The summed E-state index contributed by atoms with van der Waals surface area (Å²) < 4.78 is 25.4. The molecule has 0 saturated carbocycles. The van der Waals surface area contributed by atoms with Crippen LogP contribution in [0.4, 0.5) is 0 Å². The van der Waals surface area contributed by atoms with Gasteiger partial charge in [0.25, 0.3) is 0 Å². The van der Waals surface area contributed by atoms with E-state index >= 15 is 0 Å². The summed E-state index contributed by atoms with van der Waals surface area (Å²) in [5, 5.41) is 3.33. The van der Waals surface area contributed by atoms with Crippen LogP contribution in [-0.2, 0) is 10.0 Å². The molecule has 27 heavy (non-hydrogen) atoms. The number of hydrogen-bond acceptors (Lipinski definition) is 3. The minimum Gasteiger partial charge on any atom is -0.356 e. The molecule has 0 spiro atoms. The molecule has 2 N–H and O–H groups in total. The number of nitrogens with zero attached hydrogens (tertiary/aromatic N) is 2. The first kappa shape index (κ1) is 23.9. The summed E-state index contributed by atoms with van der Waals surface area (Å²) in [5.74, 6) is 1.01. The number of guanidine groups is 1. The summed E-state index contributed by atoms with van der Waals surface area (Å²) in [6.07, 6.45) is 5.08. The Bertz CT molecular complexity index is 710. The SMILES string of the molecule is CCS(=O)(=O)NCCCNC(=NC)N1CCC(=Cc2ccccc2)CC1.I. The lowest BCUT2D eigenvalue weighted by Gasteiger charge is -2.31. The van der Waals surface area contributed by atoms with Gasteiger partial charge in [0.1, 0.15) is 0 Å². The van der Waals surface area contributed by atoms with Gasteiger partial charge in [0.05, 0.1) is 5.75 Å². The van der Waals surface area contributed by atoms with Crippen molar-refractivity contribution in [3.8, 4) is 0 Å². The molecule has 1 aliphatic heterocycles. The minimum absolute atomic E-state index is 0. The largest absolute Gasteiger partial charge is 0.356 e. The summed E-state index contributed by atoms with van der Waals surface area (Å²) in [5.41, 5.74) is 2.73. The first-order valence-corrected chi connectivity index (χ1v) is 10.9. The van der Waals surface area contributed by atoms with Crippen molar-refractivity contribution in [1.82, 2.24) is 14.9 Å². The fourth-order valence-electron chi connectivity index (χ4n) is 2.89. The van der Waals surface area contributed by atoms with Crippen molar-refractivity contribution < 1.29 is 8.42 Å². The predicted molar refractivity (Wildman–Crippen MR) is 124 cm³/mol. The van der Waals surface area contributed by atoms with Gasteiger partial charge >= 0.3 is 0 Å². The summed E-state index contributed by atoms with van der Waals surface area (Å²) >= 11 is 0. The Morgan fingerprint density at radius 3 is 2.44 bits per heavy atom. The highest BCUT2D eigenvalue weighted by Crippen LogP contribution is 2.19. The molecular formula is C19H31IN4O2S. The quantitative estimate of drug-likeness (QED) is 0.258. The van der Waals surface area contributed by atoms with Crippen molar-refractivity contribution >= 4 is 46.0 Å². The van der Waals surface area contributed by atoms with Crippen LogP contribution in [0.3, 0.4) is 0 Å². The number of nitrogens with one attached hydrogen (secondary N) is 2. The van der Waals surface area contributed by atoms with Gasteiger partial charge in [-0.15, -0.1) is 24.0 Å². The van der Waals surface area contributed by atoms with E-state index in [2.05, 4.69) is 50.3 Å². The van der Waals surface area contributed by atoms with Gasteiger partial charge in [-0.25, -0.2) is 13.1 Å². The number of aliphatic imine (C=N–C) groups is 1. The Hall–Kier alpha value is -1.13. The summed E-state index contributed by atoms with van der Waals surface area (Å²) in [6, 6.07) is 10.4. The maximum atomic E-state index is 11.4. The molecule has 1 aromatic carbocycles. The lowest BCUT2D eigenvalue weighted by atomic mass is 10.0. The molecule has 0 radical (unpaired) electrons. The Morgan fingerprint density at radius 1 is 1.19 bits per heavy atom. The number of likely N-dealkylation sites (tertiary alicyclic amines) is 1. The number of piperidine rings is 1. The lowest BCUT2D eigenvalue weighted by molar-refractivity contribution is 0.375. The molecule has 6 nitrogen and oxygen atoms in total. The number of hydrogen-bond donors (Lipinski definition) is 2. The smallest absolute Gasteiger partial charge is 0.211 e. The Morgan fingerprint density at radius 2 is 1.85 bits per heavy atom. The maximum absolute atomic E-state index is 11.4. The van der Waals surface area contributed by atoms with Gasteiger partial charge in [0.15, 0.2) is 5.96 Å². The molecule has 1 fully saturated rings. The topological polar surface area (TPSA) is 73.8 Å². The molecule has 1 saturated heterocycles. The predicted octanol–water partition coefficient (Wildman–Crippen LogP) is 2.69. The second-order valence-electron chi connectivity index (χ2n) is 6.33. The fraction of sp³-hybridized carbons (Fsp3) is 0.526. The van der Waals surface area contributed by atoms with Crippen LogP contribution in [0, 0.1) is 0 Å². The molecule has 0 amide bonds. The van der Waals surface area contributed by atoms with E-state index in [0.717, 1.165) is 38.3 Å². The molecule has 0 aromatic heterocycles. The lowest BCUT2D eigenvalue weighted by Crippen LogP contribution is -2.45. The third-order valence-corrected chi connectivity index (χ3v) is 5.83. The number of sulfonamides is 1. The molecule has 1 aliphatic rings. The Kier molecular flexibility index (Phi) is 10.9. The van der Waals surface area contributed by atoms with Crippen molar-refractivity contribution in [2.75, 3.05) is 39.0 Å². The van der Waals surface area contributed by atoms with Crippen molar-refractivity contribution in [3.63, 3.8) is 0 Å². The van der Waals surface area contributed by atoms with Crippen molar-refractivity contribution in [1.29, 1.82) is 0 Å². The number of rotatable bonds is 7. The average molecular weight is 506 g/mol. The van der Waals surface area contributed by atoms with E-state index in [1.54, 1.807) is 14.0 Å². The second-order valence-corrected chi connectivity index (χ2v) is 8.42. The maximum Gasteiger partial charge on any atom is 0.211 e. The zero-order valence-corrected chi connectivity index (χ0v) is 19.3. The van der Waals surface area contributed by atoms with Crippen LogP contribution >= 0.6 is 24.0 Å². The molecule has 8 heteroatoms. The van der Waals surface area contributed by atoms with Crippen LogP contribution < -0.4 is 10.0 Å². The molecule has 1 aromatic rings. The summed E-state index contributed by atoms with van der Waals surface area (Å²) in [4.78, 5) is 6.62. The fourth-order valence-corrected chi connectivity index (χ4v) is 3.55. The summed E-state index contributed by atoms with van der Waals surface area (Å²) in [6.45, 7) is 4.67. The van der Waals surface area contributed by atoms with Gasteiger partial charge in [0.2, 0.25) is 10.0 Å². The van der Waals surface area contributed by atoms with Crippen LogP contribution in [0.1, 0.15) is 31.7 Å². The van der Waals surface area contributed by atoms with Gasteiger partial charge in [0, 0.05) is 33.2 Å². The van der Waals surface area contributed by atoms with Crippen LogP contribution in [0.2, 0.25) is 0 Å². The molecule has 0 unspecified atom stereocenters. The van der Waals surface area contributed by atoms with Gasteiger partial charge in [-0.2, -0.15) is 0 Å². The van der Waals surface area contributed by atoms with E-state index in [1.165, 1.54) is 11.1 Å². The second kappa shape index (κ2) is 12.4. The Labute approximate surface area is 180 Å². The van der Waals surface area contributed by atoms with Crippen LogP contribution in [0.15, 0.2) is 40.9 Å². The normalized spacial score (nSPS) is 15.3. The van der Waals surface area contributed by atoms with Gasteiger partial charge in [-0.1, -0.05) is 42.0 Å². The van der Waals surface area contributed by atoms with Crippen LogP contribution in [-0.4, -0.2) is 58.3 Å². The first-order chi connectivity index (χ1) is 12.5. The highest BCUT2D eigenvalue weighted by Gasteiger charge is 2.17. The van der Waals surface area contributed by atoms with Crippen molar-refractivity contribution in [2.24, 2.45) is 4.99 Å². The van der Waals surface area contributed by atoms with E-state index in [-0.39, 0.29) is 29.7 Å². The first-order valence-electron chi connectivity index (χ1n) is 9.21. The standard InChI is InChI=1S/C19H30N4O2S.HI/c1-3-26(24,25)22-13-7-12-21-19(20-2)23-14-10-18(11-15-23)16-17-8-5-4-6-9-17;/h4-6,8-9,16,22H,3,7,10-15H2,1-2H3,(H,20,21);1H. The van der Waals surface area contributed by atoms with Gasteiger partial charge in [-0.05, 0) is 31.7 Å². The van der Waals surface area contributed by atoms with Crippen LogP contribution in [0.25, 0.3) is 6.08 Å². The zero-order chi connectivity index (χ0) is 18.8. The third-order valence-electron chi connectivity index (χ3n) is 4.43.